The first-order chi connectivity index (χ1) is 13.5. The first-order valence-electron chi connectivity index (χ1n) is 10.3. The largest absolute Gasteiger partial charge is 0.457 e. The van der Waals surface area contributed by atoms with Gasteiger partial charge in [-0.25, -0.2) is 4.39 Å². The van der Waals surface area contributed by atoms with E-state index in [4.69, 9.17) is 14.2 Å². The standard InChI is InChI=1S/C24H29FO3/c1-3-26-14-13-23-9-11-24(12-10-23,27-17-23)19-5-4-6-20(16-19)28-21-7-8-22(25)18(2)15-21/h4-8,15-16H,3,9-14,17H2,1-2H3. The summed E-state index contributed by atoms with van der Waals surface area (Å²) in [5.41, 5.74) is 1.85. The molecule has 4 heteroatoms. The molecule has 0 radical (unpaired) electrons. The Hall–Kier alpha value is -1.91. The van der Waals surface area contributed by atoms with Gasteiger partial charge in [-0.3, -0.25) is 0 Å². The highest BCUT2D eigenvalue weighted by atomic mass is 19.1. The normalized spacial score (nSPS) is 26.4. The molecule has 2 aliphatic heterocycles. The van der Waals surface area contributed by atoms with Gasteiger partial charge >= 0.3 is 0 Å². The monoisotopic (exact) mass is 384 g/mol. The van der Waals surface area contributed by atoms with E-state index in [1.807, 2.05) is 19.1 Å². The van der Waals surface area contributed by atoms with Gasteiger partial charge < -0.3 is 14.2 Å². The molecular formula is C24H29FO3. The van der Waals surface area contributed by atoms with Crippen LogP contribution >= 0.6 is 0 Å². The third kappa shape index (κ3) is 3.81. The molecule has 3 fully saturated rings. The molecule has 1 saturated carbocycles. The molecule has 150 valence electrons. The lowest BCUT2D eigenvalue weighted by molar-refractivity contribution is -0.194. The zero-order chi connectivity index (χ0) is 19.6. The van der Waals surface area contributed by atoms with E-state index in [9.17, 15) is 4.39 Å². The Morgan fingerprint density at radius 2 is 1.82 bits per heavy atom. The van der Waals surface area contributed by atoms with Crippen molar-refractivity contribution in [1.82, 2.24) is 0 Å². The van der Waals surface area contributed by atoms with Crippen LogP contribution in [0.25, 0.3) is 0 Å². The molecule has 0 amide bonds. The highest BCUT2D eigenvalue weighted by Gasteiger charge is 2.50. The number of hydrogen-bond donors (Lipinski definition) is 0. The lowest BCUT2D eigenvalue weighted by atomic mass is 9.63. The number of benzene rings is 2. The summed E-state index contributed by atoms with van der Waals surface area (Å²) in [4.78, 5) is 0. The number of rotatable bonds is 7. The van der Waals surface area contributed by atoms with E-state index in [0.717, 1.165) is 44.8 Å². The van der Waals surface area contributed by atoms with E-state index < -0.39 is 0 Å². The lowest BCUT2D eigenvalue weighted by Gasteiger charge is -2.53. The van der Waals surface area contributed by atoms with Crippen molar-refractivity contribution in [2.24, 2.45) is 5.41 Å². The van der Waals surface area contributed by atoms with Gasteiger partial charge in [-0.1, -0.05) is 12.1 Å². The van der Waals surface area contributed by atoms with Crippen molar-refractivity contribution in [1.29, 1.82) is 0 Å². The summed E-state index contributed by atoms with van der Waals surface area (Å²) in [6.45, 7) is 6.20. The maximum absolute atomic E-state index is 13.5. The molecule has 2 aromatic carbocycles. The molecule has 0 spiro atoms. The molecule has 2 heterocycles. The van der Waals surface area contributed by atoms with Gasteiger partial charge in [0.25, 0.3) is 0 Å². The van der Waals surface area contributed by atoms with Gasteiger partial charge in [0, 0.05) is 13.2 Å². The van der Waals surface area contributed by atoms with E-state index in [1.165, 1.54) is 24.5 Å². The van der Waals surface area contributed by atoms with Crippen LogP contribution in [0.2, 0.25) is 0 Å². The number of fused-ring (bicyclic) bond motifs is 3. The van der Waals surface area contributed by atoms with Crippen molar-refractivity contribution in [3.05, 3.63) is 59.4 Å². The minimum atomic E-state index is -0.217. The number of hydrogen-bond acceptors (Lipinski definition) is 3. The zero-order valence-electron chi connectivity index (χ0n) is 16.8. The van der Waals surface area contributed by atoms with Crippen molar-refractivity contribution < 1.29 is 18.6 Å². The summed E-state index contributed by atoms with van der Waals surface area (Å²) in [5, 5.41) is 0. The zero-order valence-corrected chi connectivity index (χ0v) is 16.8. The van der Waals surface area contributed by atoms with E-state index in [-0.39, 0.29) is 16.8 Å². The van der Waals surface area contributed by atoms with Crippen molar-refractivity contribution in [2.75, 3.05) is 19.8 Å². The average molecular weight is 384 g/mol. The van der Waals surface area contributed by atoms with Crippen LogP contribution in [0.3, 0.4) is 0 Å². The molecule has 2 aromatic rings. The van der Waals surface area contributed by atoms with Crippen LogP contribution in [0.4, 0.5) is 4.39 Å². The van der Waals surface area contributed by atoms with E-state index in [0.29, 0.717) is 11.3 Å². The van der Waals surface area contributed by atoms with Gasteiger partial charge in [0.2, 0.25) is 0 Å². The van der Waals surface area contributed by atoms with Gasteiger partial charge in [0.1, 0.15) is 17.3 Å². The Labute approximate surface area is 166 Å². The second-order valence-electron chi connectivity index (χ2n) is 8.27. The molecule has 28 heavy (non-hydrogen) atoms. The molecule has 0 aromatic heterocycles. The van der Waals surface area contributed by atoms with Gasteiger partial charge in [0.15, 0.2) is 0 Å². The third-order valence-electron chi connectivity index (χ3n) is 6.48. The molecule has 0 N–H and O–H groups in total. The Morgan fingerprint density at radius 1 is 1.04 bits per heavy atom. The van der Waals surface area contributed by atoms with Crippen LogP contribution in [0, 0.1) is 18.2 Å². The fourth-order valence-corrected chi connectivity index (χ4v) is 4.55. The van der Waals surface area contributed by atoms with Crippen molar-refractivity contribution >= 4 is 0 Å². The van der Waals surface area contributed by atoms with Crippen LogP contribution in [0.15, 0.2) is 42.5 Å². The summed E-state index contributed by atoms with van der Waals surface area (Å²) in [6, 6.07) is 13.0. The van der Waals surface area contributed by atoms with Gasteiger partial charge in [0.05, 0.1) is 12.2 Å². The minimum Gasteiger partial charge on any atom is -0.457 e. The summed E-state index contributed by atoms with van der Waals surface area (Å²) >= 11 is 0. The average Bonchev–Trinajstić information content (AvgIpc) is 2.73. The highest BCUT2D eigenvalue weighted by Crippen LogP contribution is 2.55. The maximum Gasteiger partial charge on any atom is 0.127 e. The lowest BCUT2D eigenvalue weighted by Crippen LogP contribution is -2.49. The smallest absolute Gasteiger partial charge is 0.127 e. The first-order valence-corrected chi connectivity index (χ1v) is 10.3. The number of ether oxygens (including phenoxy) is 3. The van der Waals surface area contributed by atoms with E-state index in [1.54, 1.807) is 19.1 Å². The second-order valence-corrected chi connectivity index (χ2v) is 8.27. The Bertz CT molecular complexity index is 808. The quantitative estimate of drug-likeness (QED) is 0.537. The summed E-state index contributed by atoms with van der Waals surface area (Å²) in [6.07, 6.45) is 5.53. The molecule has 5 rings (SSSR count). The van der Waals surface area contributed by atoms with Crippen LogP contribution in [0.5, 0.6) is 11.5 Å². The molecule has 1 aliphatic carbocycles. The Kier molecular flexibility index (Phi) is 5.44. The number of aryl methyl sites for hydroxylation is 1. The SMILES string of the molecule is CCOCCC12CCC(c3cccc(Oc4ccc(F)c(C)c4)c3)(CC1)OC2. The van der Waals surface area contributed by atoms with Crippen LogP contribution in [-0.2, 0) is 15.1 Å². The maximum atomic E-state index is 13.5. The number of halogens is 1. The summed E-state index contributed by atoms with van der Waals surface area (Å²) < 4.78 is 31.5. The van der Waals surface area contributed by atoms with Crippen LogP contribution in [0.1, 0.15) is 50.2 Å². The van der Waals surface area contributed by atoms with Gasteiger partial charge in [-0.2, -0.15) is 0 Å². The fraction of sp³-hybridized carbons (Fsp3) is 0.500. The van der Waals surface area contributed by atoms with Crippen LogP contribution < -0.4 is 4.74 Å². The summed E-state index contributed by atoms with van der Waals surface area (Å²) in [5.74, 6) is 1.20. The highest BCUT2D eigenvalue weighted by molar-refractivity contribution is 5.38. The van der Waals surface area contributed by atoms with E-state index in [2.05, 4.69) is 12.1 Å². The molecule has 3 nitrogen and oxygen atoms in total. The Morgan fingerprint density at radius 3 is 2.50 bits per heavy atom. The molecular weight excluding hydrogens is 355 g/mol. The van der Waals surface area contributed by atoms with E-state index >= 15 is 0 Å². The Balaban J connectivity index is 1.47. The molecule has 3 aliphatic rings. The van der Waals surface area contributed by atoms with Crippen molar-refractivity contribution in [3.63, 3.8) is 0 Å². The predicted molar refractivity (Wildman–Crippen MR) is 107 cm³/mol. The van der Waals surface area contributed by atoms with Gasteiger partial charge in [-0.05, 0) is 92.8 Å². The molecule has 0 unspecified atom stereocenters. The van der Waals surface area contributed by atoms with Crippen molar-refractivity contribution in [2.45, 2.75) is 51.6 Å². The first kappa shape index (κ1) is 19.4. The second kappa shape index (κ2) is 7.84. The minimum absolute atomic E-state index is 0.203. The van der Waals surface area contributed by atoms with Crippen LogP contribution in [-0.4, -0.2) is 19.8 Å². The molecule has 0 atom stereocenters. The topological polar surface area (TPSA) is 27.7 Å². The molecule has 2 saturated heterocycles. The predicted octanol–water partition coefficient (Wildman–Crippen LogP) is 6.14. The summed E-state index contributed by atoms with van der Waals surface area (Å²) in [7, 11) is 0. The van der Waals surface area contributed by atoms with Crippen molar-refractivity contribution in [3.8, 4) is 11.5 Å². The third-order valence-corrected chi connectivity index (χ3v) is 6.48. The molecule has 2 bridgehead atoms. The fourth-order valence-electron chi connectivity index (χ4n) is 4.55. The van der Waals surface area contributed by atoms with Gasteiger partial charge in [-0.15, -0.1) is 0 Å².